The zero-order valence-electron chi connectivity index (χ0n) is 26.7. The number of methoxy groups -OCH3 is 2. The first-order valence-corrected chi connectivity index (χ1v) is 15.3. The summed E-state index contributed by atoms with van der Waals surface area (Å²) in [5.74, 6) is -1.10. The van der Waals surface area contributed by atoms with Crippen molar-refractivity contribution in [2.24, 2.45) is 0 Å². The first-order valence-electron chi connectivity index (χ1n) is 15.3. The number of urea groups is 1. The van der Waals surface area contributed by atoms with Crippen molar-refractivity contribution in [2.75, 3.05) is 52.3 Å². The highest BCUT2D eigenvalue weighted by Crippen LogP contribution is 2.40. The number of likely N-dealkylation sites (tertiary alicyclic amines) is 1. The maximum atomic E-state index is 13.0. The van der Waals surface area contributed by atoms with Crippen LogP contribution < -0.4 is 20.7 Å². The third-order valence-corrected chi connectivity index (χ3v) is 8.37. The number of nitrogens with zero attached hydrogens (tertiary/aromatic N) is 1. The van der Waals surface area contributed by atoms with Crippen LogP contribution in [0.3, 0.4) is 0 Å². The van der Waals surface area contributed by atoms with Gasteiger partial charge in [0, 0.05) is 36.7 Å². The Bertz CT molecular complexity index is 1460. The van der Waals surface area contributed by atoms with Crippen molar-refractivity contribution in [1.29, 1.82) is 0 Å². The van der Waals surface area contributed by atoms with Gasteiger partial charge in [-0.25, -0.2) is 14.4 Å². The molecule has 2 amide bonds. The fourth-order valence-electron chi connectivity index (χ4n) is 6.01. The third-order valence-electron chi connectivity index (χ3n) is 8.37. The van der Waals surface area contributed by atoms with E-state index in [-0.39, 0.29) is 12.6 Å². The molecule has 4 N–H and O–H groups in total. The lowest BCUT2D eigenvalue weighted by Crippen LogP contribution is -2.43. The van der Waals surface area contributed by atoms with Crippen LogP contribution in [0.1, 0.15) is 57.1 Å². The number of anilines is 1. The Balaban J connectivity index is 1.33. The van der Waals surface area contributed by atoms with Gasteiger partial charge >= 0.3 is 18.0 Å². The summed E-state index contributed by atoms with van der Waals surface area (Å²) >= 11 is 0. The Morgan fingerprint density at radius 3 is 2.36 bits per heavy atom. The molecule has 1 unspecified atom stereocenters. The zero-order valence-corrected chi connectivity index (χ0v) is 26.7. The van der Waals surface area contributed by atoms with Crippen LogP contribution in [0.15, 0.2) is 71.1 Å². The normalized spacial score (nSPS) is 18.1. The van der Waals surface area contributed by atoms with Gasteiger partial charge in [0.1, 0.15) is 5.75 Å². The topological polar surface area (TPSA) is 138 Å². The van der Waals surface area contributed by atoms with Gasteiger partial charge in [0.05, 0.1) is 43.5 Å². The summed E-state index contributed by atoms with van der Waals surface area (Å²) in [5.41, 5.74) is 2.92. The first-order chi connectivity index (χ1) is 21.6. The second-order valence-corrected chi connectivity index (χ2v) is 11.3. The highest BCUT2D eigenvalue weighted by molar-refractivity contribution is 6.00. The molecule has 0 spiro atoms. The Kier molecular flexibility index (Phi) is 11.2. The number of hydrogen-bond acceptors (Lipinski definition) is 9. The van der Waals surface area contributed by atoms with E-state index in [0.717, 1.165) is 37.4 Å². The molecule has 4 rings (SSSR count). The van der Waals surface area contributed by atoms with Crippen LogP contribution in [0.5, 0.6) is 5.75 Å². The van der Waals surface area contributed by atoms with Crippen molar-refractivity contribution >= 4 is 23.7 Å². The number of hydrogen-bond donors (Lipinski definition) is 4. The molecule has 2 heterocycles. The van der Waals surface area contributed by atoms with Gasteiger partial charge in [0.25, 0.3) is 0 Å². The predicted molar refractivity (Wildman–Crippen MR) is 171 cm³/mol. The molecule has 0 radical (unpaired) electrons. The summed E-state index contributed by atoms with van der Waals surface area (Å²) < 4.78 is 15.7. The highest BCUT2D eigenvalue weighted by atomic mass is 16.5. The Morgan fingerprint density at radius 1 is 1.00 bits per heavy atom. The zero-order chi connectivity index (χ0) is 32.6. The number of ether oxygens (including phenoxy) is 3. The molecule has 1 saturated heterocycles. The van der Waals surface area contributed by atoms with E-state index in [1.165, 1.54) is 7.11 Å². The van der Waals surface area contributed by atoms with Crippen LogP contribution in [0.25, 0.3) is 0 Å². The number of carbonyl (C=O) groups is 3. The minimum Gasteiger partial charge on any atom is -0.497 e. The summed E-state index contributed by atoms with van der Waals surface area (Å²) in [6.45, 7) is 8.20. The van der Waals surface area contributed by atoms with Crippen LogP contribution in [0.4, 0.5) is 10.5 Å². The summed E-state index contributed by atoms with van der Waals surface area (Å²) in [6, 6.07) is 14.3. The van der Waals surface area contributed by atoms with E-state index in [1.54, 1.807) is 52.1 Å². The van der Waals surface area contributed by atoms with Gasteiger partial charge in [0.15, 0.2) is 0 Å². The minimum atomic E-state index is -0.872. The smallest absolute Gasteiger partial charge is 0.336 e. The first kappa shape index (κ1) is 33.5. The van der Waals surface area contributed by atoms with E-state index in [2.05, 4.69) is 20.9 Å². The van der Waals surface area contributed by atoms with Gasteiger partial charge < -0.3 is 40.2 Å². The number of rotatable bonds is 11. The maximum absolute atomic E-state index is 13.0. The van der Waals surface area contributed by atoms with E-state index in [9.17, 15) is 19.5 Å². The van der Waals surface area contributed by atoms with Gasteiger partial charge in [-0.1, -0.05) is 24.3 Å². The fraction of sp³-hybridized carbons (Fsp3) is 0.441. The lowest BCUT2D eigenvalue weighted by atomic mass is 9.80. The molecule has 2 aromatic rings. The summed E-state index contributed by atoms with van der Waals surface area (Å²) in [5, 5.41) is 20.1. The summed E-state index contributed by atoms with van der Waals surface area (Å²) in [4.78, 5) is 40.9. The van der Waals surface area contributed by atoms with Gasteiger partial charge in [-0.15, -0.1) is 0 Å². The molecule has 11 heteroatoms. The van der Waals surface area contributed by atoms with Gasteiger partial charge in [-0.2, -0.15) is 0 Å². The fourth-order valence-corrected chi connectivity index (χ4v) is 6.01. The molecule has 2 aliphatic rings. The largest absolute Gasteiger partial charge is 0.497 e. The third kappa shape index (κ3) is 8.03. The van der Waals surface area contributed by atoms with Gasteiger partial charge in [0.2, 0.25) is 0 Å². The van der Waals surface area contributed by atoms with Crippen molar-refractivity contribution in [1.82, 2.24) is 15.5 Å². The maximum Gasteiger partial charge on any atom is 0.336 e. The lowest BCUT2D eigenvalue weighted by molar-refractivity contribution is -0.139. The second kappa shape index (κ2) is 15.1. The van der Waals surface area contributed by atoms with Crippen molar-refractivity contribution in [3.63, 3.8) is 0 Å². The molecule has 0 saturated carbocycles. The van der Waals surface area contributed by atoms with E-state index < -0.39 is 23.5 Å². The molecular weight excluding hydrogens is 576 g/mol. The predicted octanol–water partition coefficient (Wildman–Crippen LogP) is 4.16. The van der Waals surface area contributed by atoms with Crippen LogP contribution in [0.2, 0.25) is 0 Å². The minimum absolute atomic E-state index is 0.184. The number of allylic oxidation sites excluding steroid dienone is 2. The molecule has 45 heavy (non-hydrogen) atoms. The van der Waals surface area contributed by atoms with E-state index in [1.807, 2.05) is 24.3 Å². The quantitative estimate of drug-likeness (QED) is 0.216. The molecule has 0 aromatic heterocycles. The van der Waals surface area contributed by atoms with Crippen molar-refractivity contribution in [3.8, 4) is 5.75 Å². The van der Waals surface area contributed by atoms with Gasteiger partial charge in [-0.05, 0) is 82.0 Å². The van der Waals surface area contributed by atoms with E-state index >= 15 is 0 Å². The van der Waals surface area contributed by atoms with Crippen LogP contribution in [-0.2, 0) is 24.7 Å². The lowest BCUT2D eigenvalue weighted by Gasteiger charge is -2.38. The SMILES string of the molecule is CCOC(=O)C1=C(C)NC(C)=C(C(=O)OC)C1c1cccc(NC(=O)NCCCN2CCC(O)(c3cccc(OC)c3)CC2)c1. The Labute approximate surface area is 264 Å². The van der Waals surface area contributed by atoms with Crippen molar-refractivity contribution < 1.29 is 33.7 Å². The number of benzene rings is 2. The van der Waals surface area contributed by atoms with E-state index in [4.69, 9.17) is 14.2 Å². The highest BCUT2D eigenvalue weighted by Gasteiger charge is 2.38. The molecule has 0 bridgehead atoms. The molecule has 242 valence electrons. The monoisotopic (exact) mass is 620 g/mol. The average Bonchev–Trinajstić information content (AvgIpc) is 3.03. The number of dihydropyridines is 1. The number of piperidine rings is 1. The van der Waals surface area contributed by atoms with E-state index in [0.29, 0.717) is 53.2 Å². The van der Waals surface area contributed by atoms with Crippen molar-refractivity contribution in [3.05, 3.63) is 82.2 Å². The number of nitrogens with one attached hydrogen (secondary N) is 3. The second-order valence-electron chi connectivity index (χ2n) is 11.3. The Hall–Kier alpha value is -4.35. The van der Waals surface area contributed by atoms with Crippen LogP contribution >= 0.6 is 0 Å². The van der Waals surface area contributed by atoms with Gasteiger partial charge in [-0.3, -0.25) is 0 Å². The Morgan fingerprint density at radius 2 is 1.69 bits per heavy atom. The molecular formula is C34H44N4O7. The number of aliphatic hydroxyl groups is 1. The number of amides is 2. The summed E-state index contributed by atoms with van der Waals surface area (Å²) in [7, 11) is 2.92. The molecule has 11 nitrogen and oxygen atoms in total. The number of esters is 2. The molecule has 2 aliphatic heterocycles. The average molecular weight is 621 g/mol. The molecule has 0 aliphatic carbocycles. The number of carbonyl (C=O) groups excluding carboxylic acids is 3. The van der Waals surface area contributed by atoms with Crippen LogP contribution in [0, 0.1) is 0 Å². The summed E-state index contributed by atoms with van der Waals surface area (Å²) in [6.07, 6.45) is 2.00. The molecule has 1 atom stereocenters. The molecule has 1 fully saturated rings. The van der Waals surface area contributed by atoms with Crippen molar-refractivity contribution in [2.45, 2.75) is 51.6 Å². The standard InChI is InChI=1S/C34H44N4O7/c1-6-45-32(40)29-23(3)36-22(2)28(31(39)44-5)30(29)24-10-7-12-26(20-24)37-33(41)35-16-9-17-38-18-14-34(42,15-19-38)25-11-8-13-27(21-25)43-4/h7-8,10-13,20-21,30,36,42H,6,9,14-19H2,1-5H3,(H2,35,37,41). The molecule has 2 aromatic carbocycles. The van der Waals surface area contributed by atoms with Crippen LogP contribution in [-0.4, -0.2) is 75.0 Å².